The third-order valence-corrected chi connectivity index (χ3v) is 3.06. The van der Waals surface area contributed by atoms with Crippen molar-refractivity contribution in [3.05, 3.63) is 51.7 Å². The van der Waals surface area contributed by atoms with E-state index >= 15 is 0 Å². The molecule has 20 heavy (non-hydrogen) atoms. The molecule has 0 aliphatic carbocycles. The van der Waals surface area contributed by atoms with E-state index in [4.69, 9.17) is 38.6 Å². The number of nitrogens with zero attached hydrogens (tertiary/aromatic N) is 1. The van der Waals surface area contributed by atoms with Gasteiger partial charge in [0.25, 0.3) is 5.91 Å². The van der Waals surface area contributed by atoms with E-state index in [9.17, 15) is 4.79 Å². The van der Waals surface area contributed by atoms with Gasteiger partial charge in [-0.2, -0.15) is 5.26 Å². The molecule has 0 saturated carbocycles. The molecule has 0 fully saturated rings. The van der Waals surface area contributed by atoms with Crippen LogP contribution in [0.3, 0.4) is 0 Å². The quantitative estimate of drug-likeness (QED) is 0.694. The fraction of sp³-hybridized carbons (Fsp3) is 0. The van der Waals surface area contributed by atoms with Gasteiger partial charge in [0, 0.05) is 16.7 Å². The summed E-state index contributed by atoms with van der Waals surface area (Å²) in [5, 5.41) is 9.77. The molecule has 100 valence electrons. The number of hydrogen-bond donors (Lipinski definition) is 1. The van der Waals surface area contributed by atoms with Crippen LogP contribution in [0.1, 0.15) is 5.76 Å². The Morgan fingerprint density at radius 2 is 2.05 bits per heavy atom. The van der Waals surface area contributed by atoms with Crippen molar-refractivity contribution in [1.82, 2.24) is 0 Å². The molecule has 0 radical (unpaired) electrons. The van der Waals surface area contributed by atoms with Gasteiger partial charge in [-0.15, -0.1) is 0 Å². The highest BCUT2D eigenvalue weighted by molar-refractivity contribution is 6.35. The Morgan fingerprint density at radius 3 is 2.70 bits per heavy atom. The number of nitriles is 1. The van der Waals surface area contributed by atoms with E-state index in [1.165, 1.54) is 6.08 Å². The lowest BCUT2D eigenvalue weighted by molar-refractivity contribution is -0.114. The smallest absolute Gasteiger partial charge is 0.259 e. The maximum Gasteiger partial charge on any atom is 0.259 e. The highest BCUT2D eigenvalue weighted by Gasteiger charge is 2.10. The maximum absolute atomic E-state index is 11.0. The van der Waals surface area contributed by atoms with Crippen molar-refractivity contribution in [3.63, 3.8) is 0 Å². The summed E-state index contributed by atoms with van der Waals surface area (Å²) in [7, 11) is 0. The van der Waals surface area contributed by atoms with E-state index in [-0.39, 0.29) is 5.57 Å². The lowest BCUT2D eigenvalue weighted by atomic mass is 10.2. The van der Waals surface area contributed by atoms with E-state index in [2.05, 4.69) is 0 Å². The summed E-state index contributed by atoms with van der Waals surface area (Å²) in [4.78, 5) is 11.0. The lowest BCUT2D eigenvalue weighted by Gasteiger charge is -2.01. The molecule has 1 heterocycles. The normalized spacial score (nSPS) is 11.2. The van der Waals surface area contributed by atoms with E-state index in [1.807, 2.05) is 0 Å². The number of amides is 1. The van der Waals surface area contributed by atoms with Gasteiger partial charge in [-0.25, -0.2) is 0 Å². The number of benzene rings is 1. The van der Waals surface area contributed by atoms with Crippen LogP contribution in [0, 0.1) is 11.3 Å². The van der Waals surface area contributed by atoms with Crippen LogP contribution in [0.5, 0.6) is 0 Å². The molecular formula is C14H8Cl2N2O2. The van der Waals surface area contributed by atoms with Crippen LogP contribution >= 0.6 is 23.2 Å². The van der Waals surface area contributed by atoms with Crippen LogP contribution in [-0.4, -0.2) is 5.91 Å². The number of primary amides is 1. The summed E-state index contributed by atoms with van der Waals surface area (Å²) < 4.78 is 5.51. The number of hydrogen-bond acceptors (Lipinski definition) is 3. The minimum absolute atomic E-state index is 0.192. The number of nitrogens with two attached hydrogens (primary N) is 1. The van der Waals surface area contributed by atoms with Gasteiger partial charge in [0.15, 0.2) is 0 Å². The highest BCUT2D eigenvalue weighted by atomic mass is 35.5. The lowest BCUT2D eigenvalue weighted by Crippen LogP contribution is -2.12. The monoisotopic (exact) mass is 306 g/mol. The molecule has 0 aliphatic rings. The van der Waals surface area contributed by atoms with Crippen molar-refractivity contribution in [3.8, 4) is 17.4 Å². The van der Waals surface area contributed by atoms with E-state index < -0.39 is 5.91 Å². The first-order chi connectivity index (χ1) is 9.51. The Hall–Kier alpha value is -2.22. The number of rotatable bonds is 3. The summed E-state index contributed by atoms with van der Waals surface area (Å²) in [6.45, 7) is 0. The first-order valence-corrected chi connectivity index (χ1v) is 6.23. The van der Waals surface area contributed by atoms with Gasteiger partial charge < -0.3 is 10.2 Å². The molecule has 0 unspecified atom stereocenters. The second-order valence-corrected chi connectivity index (χ2v) is 4.70. The molecule has 1 amide bonds. The Bertz CT molecular complexity index is 742. The van der Waals surface area contributed by atoms with Crippen molar-refractivity contribution >= 4 is 35.2 Å². The van der Waals surface area contributed by atoms with Crippen molar-refractivity contribution in [2.45, 2.75) is 0 Å². The first-order valence-electron chi connectivity index (χ1n) is 5.48. The SMILES string of the molecule is N#CC(=Cc1ccc(-c2cc(Cl)ccc2Cl)o1)C(N)=O. The molecule has 0 aliphatic heterocycles. The van der Waals surface area contributed by atoms with Crippen LogP contribution in [0.25, 0.3) is 17.4 Å². The van der Waals surface area contributed by atoms with Crippen molar-refractivity contribution in [2.75, 3.05) is 0 Å². The molecule has 1 aromatic carbocycles. The molecule has 4 nitrogen and oxygen atoms in total. The van der Waals surface area contributed by atoms with Crippen LogP contribution in [0.2, 0.25) is 10.0 Å². The molecule has 2 N–H and O–H groups in total. The van der Waals surface area contributed by atoms with Crippen LogP contribution in [0.15, 0.2) is 40.3 Å². The van der Waals surface area contributed by atoms with Crippen LogP contribution in [-0.2, 0) is 4.79 Å². The van der Waals surface area contributed by atoms with Gasteiger partial charge in [0.05, 0.1) is 5.02 Å². The zero-order valence-electron chi connectivity index (χ0n) is 10.1. The second kappa shape index (κ2) is 5.83. The molecule has 2 rings (SSSR count). The Kier molecular flexibility index (Phi) is 4.14. The fourth-order valence-electron chi connectivity index (χ4n) is 1.56. The molecule has 0 spiro atoms. The summed E-state index contributed by atoms with van der Waals surface area (Å²) >= 11 is 12.0. The number of carbonyl (C=O) groups is 1. The summed E-state index contributed by atoms with van der Waals surface area (Å²) in [6, 6.07) is 9.95. The van der Waals surface area contributed by atoms with Gasteiger partial charge in [-0.05, 0) is 30.3 Å². The average molecular weight is 307 g/mol. The number of furan rings is 1. The van der Waals surface area contributed by atoms with Gasteiger partial charge >= 0.3 is 0 Å². The van der Waals surface area contributed by atoms with Crippen molar-refractivity contribution in [1.29, 1.82) is 5.26 Å². The minimum atomic E-state index is -0.814. The zero-order valence-corrected chi connectivity index (χ0v) is 11.6. The molecule has 0 atom stereocenters. The van der Waals surface area contributed by atoms with Crippen LogP contribution < -0.4 is 5.73 Å². The van der Waals surface area contributed by atoms with Gasteiger partial charge in [-0.3, -0.25) is 4.79 Å². The molecule has 1 aromatic heterocycles. The Labute approximate surface area is 125 Å². The third-order valence-electron chi connectivity index (χ3n) is 2.49. The average Bonchev–Trinajstić information content (AvgIpc) is 2.86. The molecule has 2 aromatic rings. The summed E-state index contributed by atoms with van der Waals surface area (Å²) in [5.41, 5.74) is 5.48. The molecule has 0 saturated heterocycles. The van der Waals surface area contributed by atoms with Gasteiger partial charge in [0.2, 0.25) is 0 Å². The van der Waals surface area contributed by atoms with E-state index in [0.717, 1.165) is 0 Å². The predicted molar refractivity (Wildman–Crippen MR) is 76.9 cm³/mol. The number of carbonyl (C=O) groups excluding carboxylic acids is 1. The van der Waals surface area contributed by atoms with E-state index in [1.54, 1.807) is 36.4 Å². The Balaban J connectivity index is 2.42. The summed E-state index contributed by atoms with van der Waals surface area (Å²) in [6.07, 6.45) is 1.27. The first kappa shape index (κ1) is 14.2. The van der Waals surface area contributed by atoms with Crippen molar-refractivity contribution < 1.29 is 9.21 Å². The third kappa shape index (κ3) is 3.02. The standard InChI is InChI=1S/C14H8Cl2N2O2/c15-9-1-3-12(16)11(6-9)13-4-2-10(20-13)5-8(7-17)14(18)19/h1-6H,(H2,18,19). The topological polar surface area (TPSA) is 80.0 Å². The fourth-order valence-corrected chi connectivity index (χ4v) is 1.95. The predicted octanol–water partition coefficient (Wildman–Crippen LogP) is 3.65. The largest absolute Gasteiger partial charge is 0.457 e. The van der Waals surface area contributed by atoms with Gasteiger partial charge in [-0.1, -0.05) is 23.2 Å². The second-order valence-electron chi connectivity index (χ2n) is 3.86. The molecular weight excluding hydrogens is 299 g/mol. The van der Waals surface area contributed by atoms with E-state index in [0.29, 0.717) is 27.1 Å². The highest BCUT2D eigenvalue weighted by Crippen LogP contribution is 2.32. The summed E-state index contributed by atoms with van der Waals surface area (Å²) in [5.74, 6) is -0.0110. The number of halogens is 2. The zero-order chi connectivity index (χ0) is 14.7. The van der Waals surface area contributed by atoms with Crippen LogP contribution in [0.4, 0.5) is 0 Å². The maximum atomic E-state index is 11.0. The minimum Gasteiger partial charge on any atom is -0.457 e. The molecule has 0 bridgehead atoms. The van der Waals surface area contributed by atoms with Crippen molar-refractivity contribution in [2.24, 2.45) is 5.73 Å². The molecule has 6 heteroatoms. The van der Waals surface area contributed by atoms with Gasteiger partial charge in [0.1, 0.15) is 23.2 Å². The Morgan fingerprint density at radius 1 is 1.30 bits per heavy atom.